The van der Waals surface area contributed by atoms with Gasteiger partial charge in [0.05, 0.1) is 11.6 Å². The van der Waals surface area contributed by atoms with Crippen LogP contribution in [-0.4, -0.2) is 32.0 Å². The molecule has 1 amide bonds. The third-order valence-electron chi connectivity index (χ3n) is 6.96. The van der Waals surface area contributed by atoms with E-state index in [9.17, 15) is 14.7 Å². The molecular formula is C33H25ClN4O4S2. The highest BCUT2D eigenvalue weighted by atomic mass is 35.5. The number of halogens is 1. The number of aliphatic hydroxyl groups is 1. The molecule has 11 heteroatoms. The molecule has 3 aromatic carbocycles. The van der Waals surface area contributed by atoms with Crippen molar-refractivity contribution in [2.75, 3.05) is 4.90 Å². The van der Waals surface area contributed by atoms with Crippen molar-refractivity contribution in [2.24, 2.45) is 0 Å². The molecule has 0 radical (unpaired) electrons. The molecular weight excluding hydrogens is 616 g/mol. The lowest BCUT2D eigenvalue weighted by Gasteiger charge is -2.22. The van der Waals surface area contributed by atoms with Crippen molar-refractivity contribution < 1.29 is 19.4 Å². The van der Waals surface area contributed by atoms with Gasteiger partial charge in [-0.1, -0.05) is 76.7 Å². The van der Waals surface area contributed by atoms with Crippen LogP contribution in [0.15, 0.2) is 107 Å². The van der Waals surface area contributed by atoms with E-state index < -0.39 is 17.7 Å². The van der Waals surface area contributed by atoms with Crippen molar-refractivity contribution in [3.8, 4) is 5.75 Å². The monoisotopic (exact) mass is 640 g/mol. The van der Waals surface area contributed by atoms with E-state index in [0.29, 0.717) is 38.6 Å². The van der Waals surface area contributed by atoms with Crippen molar-refractivity contribution in [3.63, 3.8) is 0 Å². The maximum atomic E-state index is 13.5. The zero-order valence-electron chi connectivity index (χ0n) is 23.4. The van der Waals surface area contributed by atoms with Gasteiger partial charge in [0.1, 0.15) is 18.1 Å². The van der Waals surface area contributed by atoms with E-state index in [1.807, 2.05) is 49.4 Å². The molecule has 0 saturated carbocycles. The molecule has 1 saturated heterocycles. The van der Waals surface area contributed by atoms with Crippen LogP contribution in [0.2, 0.25) is 5.02 Å². The number of aromatic nitrogens is 3. The third kappa shape index (κ3) is 6.37. The maximum Gasteiger partial charge on any atom is 0.301 e. The number of Topliss-reactive ketones (excluding diaryl/α,β-unsaturated/α-hetero) is 1. The molecule has 8 nitrogen and oxygen atoms in total. The van der Waals surface area contributed by atoms with Crippen molar-refractivity contribution in [2.45, 2.75) is 29.7 Å². The van der Waals surface area contributed by atoms with Crippen molar-refractivity contribution >= 4 is 57.3 Å². The number of hydrogen-bond acceptors (Lipinski definition) is 9. The Balaban J connectivity index is 1.27. The average molecular weight is 641 g/mol. The molecule has 1 fully saturated rings. The molecule has 1 N–H and O–H groups in total. The number of rotatable bonds is 9. The number of thioether (sulfide) groups is 1. The average Bonchev–Trinajstić information content (AvgIpc) is 3.62. The Kier molecular flexibility index (Phi) is 8.74. The topological polar surface area (TPSA) is 106 Å². The third-order valence-corrected chi connectivity index (χ3v) is 9.34. The first kappa shape index (κ1) is 29.6. The van der Waals surface area contributed by atoms with Crippen LogP contribution in [0.3, 0.4) is 0 Å². The molecule has 44 heavy (non-hydrogen) atoms. The highest BCUT2D eigenvalue weighted by molar-refractivity contribution is 8.00. The molecule has 1 atom stereocenters. The van der Waals surface area contributed by atoms with E-state index in [2.05, 4.69) is 21.2 Å². The van der Waals surface area contributed by atoms with Crippen LogP contribution in [0.25, 0.3) is 5.76 Å². The number of carbonyl (C=O) groups is 2. The summed E-state index contributed by atoms with van der Waals surface area (Å²) in [6.45, 7) is 2.41. The normalized spacial score (nSPS) is 16.0. The minimum atomic E-state index is -0.919. The first-order valence-electron chi connectivity index (χ1n) is 13.6. The number of ether oxygens (including phenoxy) is 1. The second-order valence-corrected chi connectivity index (χ2v) is 12.6. The van der Waals surface area contributed by atoms with Crippen molar-refractivity contribution in [1.82, 2.24) is 15.2 Å². The quantitative estimate of drug-likeness (QED) is 0.0584. The van der Waals surface area contributed by atoms with Gasteiger partial charge in [-0.05, 0) is 72.1 Å². The Morgan fingerprint density at radius 1 is 0.977 bits per heavy atom. The summed E-state index contributed by atoms with van der Waals surface area (Å²) in [5, 5.41) is 20.9. The van der Waals surface area contributed by atoms with E-state index in [1.165, 1.54) is 28.0 Å². The van der Waals surface area contributed by atoms with Crippen LogP contribution in [-0.2, 0) is 21.9 Å². The number of aliphatic hydroxyl groups excluding tert-OH is 1. The minimum absolute atomic E-state index is 0.0415. The smallest absolute Gasteiger partial charge is 0.301 e. The van der Waals surface area contributed by atoms with E-state index in [1.54, 1.807) is 48.8 Å². The molecule has 1 aliphatic rings. The summed E-state index contributed by atoms with van der Waals surface area (Å²) in [5.74, 6) is -0.665. The first-order valence-corrected chi connectivity index (χ1v) is 15.8. The molecule has 220 valence electrons. The van der Waals surface area contributed by atoms with Crippen LogP contribution < -0.4 is 9.64 Å². The second-order valence-electron chi connectivity index (χ2n) is 10.0. The lowest BCUT2D eigenvalue weighted by Crippen LogP contribution is -2.29. The number of anilines is 1. The summed E-state index contributed by atoms with van der Waals surface area (Å²) in [6.07, 6.45) is 3.15. The summed E-state index contributed by atoms with van der Waals surface area (Å²) in [4.78, 5) is 32.3. The Morgan fingerprint density at radius 2 is 1.73 bits per heavy atom. The fourth-order valence-corrected chi connectivity index (χ4v) is 6.76. The summed E-state index contributed by atoms with van der Waals surface area (Å²) < 4.78 is 6.54. The first-order chi connectivity index (χ1) is 21.4. The zero-order valence-corrected chi connectivity index (χ0v) is 25.8. The Hall–Kier alpha value is -4.51. The summed E-state index contributed by atoms with van der Waals surface area (Å²) in [5.41, 5.74) is 4.18. The van der Waals surface area contributed by atoms with Crippen molar-refractivity contribution in [1.29, 1.82) is 0 Å². The van der Waals surface area contributed by atoms with E-state index in [0.717, 1.165) is 16.7 Å². The molecule has 0 spiro atoms. The number of pyridine rings is 1. The van der Waals surface area contributed by atoms with Gasteiger partial charge in [0, 0.05) is 28.7 Å². The highest BCUT2D eigenvalue weighted by Crippen LogP contribution is 2.44. The predicted octanol–water partition coefficient (Wildman–Crippen LogP) is 7.39. The molecule has 5 aromatic rings. The number of benzene rings is 3. The molecule has 1 aliphatic heterocycles. The number of carbonyl (C=O) groups excluding carboxylic acids is 2. The molecule has 3 heterocycles. The van der Waals surface area contributed by atoms with Crippen molar-refractivity contribution in [3.05, 3.63) is 136 Å². The number of amides is 1. The highest BCUT2D eigenvalue weighted by Gasteiger charge is 2.48. The van der Waals surface area contributed by atoms with Gasteiger partial charge < -0.3 is 9.84 Å². The second kappa shape index (κ2) is 13.0. The van der Waals surface area contributed by atoms with E-state index >= 15 is 0 Å². The molecule has 0 aliphatic carbocycles. The van der Waals surface area contributed by atoms with Gasteiger partial charge in [0.2, 0.25) is 5.13 Å². The van der Waals surface area contributed by atoms with Gasteiger partial charge in [-0.2, -0.15) is 0 Å². The summed E-state index contributed by atoms with van der Waals surface area (Å²) in [6, 6.07) is 24.8. The summed E-state index contributed by atoms with van der Waals surface area (Å²) >= 11 is 8.66. The Labute approximate surface area is 267 Å². The number of ketones is 1. The lowest BCUT2D eigenvalue weighted by atomic mass is 9.96. The molecule has 0 bridgehead atoms. The van der Waals surface area contributed by atoms with Gasteiger partial charge in [-0.15, -0.1) is 10.2 Å². The van der Waals surface area contributed by atoms with Crippen LogP contribution >= 0.6 is 34.7 Å². The van der Waals surface area contributed by atoms with Crippen LogP contribution in [0.4, 0.5) is 5.13 Å². The lowest BCUT2D eigenvalue weighted by molar-refractivity contribution is -0.132. The van der Waals surface area contributed by atoms with Crippen LogP contribution in [0.1, 0.15) is 33.9 Å². The zero-order chi connectivity index (χ0) is 30.6. The van der Waals surface area contributed by atoms with Crippen LogP contribution in [0, 0.1) is 6.92 Å². The fourth-order valence-electron chi connectivity index (χ4n) is 4.81. The maximum absolute atomic E-state index is 13.5. The fraction of sp³-hybridized carbons (Fsp3) is 0.121. The van der Waals surface area contributed by atoms with E-state index in [4.69, 9.17) is 16.3 Å². The summed E-state index contributed by atoms with van der Waals surface area (Å²) in [7, 11) is 0. The standard InChI is InChI=1S/C33H25ClN4O4S2/c1-20-3-2-4-22(17-20)18-42-26-11-7-24(8-12-26)29(39)27-28(23-13-15-35-16-14-23)38(31(41)30(27)40)32-36-37-33(44-32)43-19-21-5-9-25(34)10-6-21/h2-17,28,39H,18-19H2,1H3/b29-27+. The number of aryl methyl sites for hydroxylation is 1. The van der Waals surface area contributed by atoms with Gasteiger partial charge in [0.25, 0.3) is 5.78 Å². The number of nitrogens with zero attached hydrogens (tertiary/aromatic N) is 4. The van der Waals surface area contributed by atoms with Gasteiger partial charge >= 0.3 is 5.91 Å². The number of hydrogen-bond donors (Lipinski definition) is 1. The Bertz CT molecular complexity index is 1840. The van der Waals surface area contributed by atoms with Crippen LogP contribution in [0.5, 0.6) is 5.75 Å². The largest absolute Gasteiger partial charge is 0.507 e. The van der Waals surface area contributed by atoms with Gasteiger partial charge in [-0.25, -0.2) is 0 Å². The predicted molar refractivity (Wildman–Crippen MR) is 172 cm³/mol. The molecule has 2 aromatic heterocycles. The van der Waals surface area contributed by atoms with E-state index in [-0.39, 0.29) is 16.5 Å². The minimum Gasteiger partial charge on any atom is -0.507 e. The van der Waals surface area contributed by atoms with Gasteiger partial charge in [0.15, 0.2) is 4.34 Å². The SMILES string of the molecule is Cc1cccc(COc2ccc(/C(O)=C3\C(=O)C(=O)N(c4nnc(SCc5ccc(Cl)cc5)s4)C3c3ccncc3)cc2)c1. The Morgan fingerprint density at radius 3 is 2.45 bits per heavy atom. The van der Waals surface area contributed by atoms with Gasteiger partial charge in [-0.3, -0.25) is 19.5 Å². The molecule has 6 rings (SSSR count). The molecule has 1 unspecified atom stereocenters.